The van der Waals surface area contributed by atoms with E-state index in [-0.39, 0.29) is 24.3 Å². The van der Waals surface area contributed by atoms with E-state index in [1.807, 2.05) is 19.9 Å². The minimum atomic E-state index is -0.340. The van der Waals surface area contributed by atoms with Crippen molar-refractivity contribution in [2.75, 3.05) is 18.0 Å². The van der Waals surface area contributed by atoms with Gasteiger partial charge in [0.2, 0.25) is 5.91 Å². The monoisotopic (exact) mass is 380 g/mol. The molecule has 0 aliphatic carbocycles. The summed E-state index contributed by atoms with van der Waals surface area (Å²) < 4.78 is 0. The second-order valence-electron chi connectivity index (χ2n) is 7.43. The van der Waals surface area contributed by atoms with Crippen molar-refractivity contribution in [1.82, 2.24) is 10.3 Å². The highest BCUT2D eigenvalue weighted by Crippen LogP contribution is 2.35. The third-order valence-corrected chi connectivity index (χ3v) is 5.36. The molecule has 1 saturated heterocycles. The molecule has 6 nitrogen and oxygen atoms in total. The number of benzene rings is 1. The van der Waals surface area contributed by atoms with Crippen molar-refractivity contribution in [1.29, 1.82) is 0 Å². The van der Waals surface area contributed by atoms with Gasteiger partial charge in [-0.2, -0.15) is 0 Å². The largest absolute Gasteiger partial charge is 0.369 e. The van der Waals surface area contributed by atoms with Crippen LogP contribution in [0.3, 0.4) is 0 Å². The molecule has 2 heterocycles. The zero-order valence-electron chi connectivity index (χ0n) is 16.8. The number of nitrogens with two attached hydrogens (primary N) is 1. The van der Waals surface area contributed by atoms with Crippen molar-refractivity contribution < 1.29 is 9.59 Å². The van der Waals surface area contributed by atoms with Crippen molar-refractivity contribution in [2.45, 2.75) is 52.5 Å². The van der Waals surface area contributed by atoms with Gasteiger partial charge < -0.3 is 20.9 Å². The summed E-state index contributed by atoms with van der Waals surface area (Å²) in [5.74, 6) is 4.91. The summed E-state index contributed by atoms with van der Waals surface area (Å²) >= 11 is 0. The predicted molar refractivity (Wildman–Crippen MR) is 112 cm³/mol. The molecule has 1 aromatic carbocycles. The molecule has 1 atom stereocenters. The maximum Gasteiger partial charge on any atom is 0.296 e. The van der Waals surface area contributed by atoms with E-state index in [4.69, 9.17) is 5.73 Å². The Morgan fingerprint density at radius 1 is 1.36 bits per heavy atom. The Labute approximate surface area is 165 Å². The Hall–Kier alpha value is -2.94. The summed E-state index contributed by atoms with van der Waals surface area (Å²) in [6.45, 7) is 7.74. The number of primary amides is 1. The molecule has 148 valence electrons. The number of piperidine rings is 1. The van der Waals surface area contributed by atoms with Crippen LogP contribution in [0.4, 0.5) is 5.69 Å². The van der Waals surface area contributed by atoms with Crippen LogP contribution in [0.15, 0.2) is 12.1 Å². The lowest BCUT2D eigenvalue weighted by atomic mass is 10.00. The molecule has 0 radical (unpaired) electrons. The highest BCUT2D eigenvalue weighted by molar-refractivity contribution is 5.99. The maximum absolute atomic E-state index is 12.0. The van der Waals surface area contributed by atoms with Gasteiger partial charge in [-0.1, -0.05) is 18.9 Å². The number of H-pyrrole nitrogens is 1. The van der Waals surface area contributed by atoms with Crippen LogP contribution < -0.4 is 16.0 Å². The van der Waals surface area contributed by atoms with Gasteiger partial charge in [-0.3, -0.25) is 9.59 Å². The van der Waals surface area contributed by atoms with Gasteiger partial charge in [0, 0.05) is 42.3 Å². The molecule has 1 aliphatic rings. The lowest BCUT2D eigenvalue weighted by molar-refractivity contribution is -0.117. The summed E-state index contributed by atoms with van der Waals surface area (Å²) in [6.07, 6.45) is 2.83. The van der Waals surface area contributed by atoms with Crippen LogP contribution in [0.25, 0.3) is 10.9 Å². The lowest BCUT2D eigenvalue weighted by Crippen LogP contribution is -2.47. The Morgan fingerprint density at radius 2 is 2.14 bits per heavy atom. The van der Waals surface area contributed by atoms with Crippen LogP contribution in [0.1, 0.15) is 43.0 Å². The minimum absolute atomic E-state index is 0.0769. The second kappa shape index (κ2) is 8.39. The minimum Gasteiger partial charge on any atom is -0.369 e. The normalized spacial score (nSPS) is 16.5. The standard InChI is InChI=1S/C22H28N4O2/c1-4-5-8-20(28)25-17-7-6-11-26(13-17)18-10-9-16(12-19(23)27)22-21(18)14(2)15(3)24-22/h9-10,17,24H,4,6-7,11-13H2,1-3H3,(H2,23,27)(H,25,28)/t17-/m0/s1. The first-order valence-corrected chi connectivity index (χ1v) is 9.84. The average Bonchev–Trinajstić information content (AvgIpc) is 2.96. The van der Waals surface area contributed by atoms with Crippen LogP contribution in [0.5, 0.6) is 0 Å². The highest BCUT2D eigenvalue weighted by atomic mass is 16.1. The molecule has 0 spiro atoms. The van der Waals surface area contributed by atoms with Gasteiger partial charge in [-0.25, -0.2) is 0 Å². The third-order valence-electron chi connectivity index (χ3n) is 5.36. The number of hydrogen-bond acceptors (Lipinski definition) is 3. The molecule has 28 heavy (non-hydrogen) atoms. The number of carbonyl (C=O) groups is 2. The number of hydrogen-bond donors (Lipinski definition) is 3. The van der Waals surface area contributed by atoms with E-state index in [9.17, 15) is 9.59 Å². The number of aryl methyl sites for hydroxylation is 2. The van der Waals surface area contributed by atoms with Gasteiger partial charge in [0.05, 0.1) is 11.9 Å². The van der Waals surface area contributed by atoms with E-state index in [0.717, 1.165) is 53.8 Å². The average molecular weight is 380 g/mol. The number of rotatable bonds is 4. The summed E-state index contributed by atoms with van der Waals surface area (Å²) in [4.78, 5) is 29.2. The number of aromatic amines is 1. The summed E-state index contributed by atoms with van der Waals surface area (Å²) in [5.41, 5.74) is 10.7. The third kappa shape index (κ3) is 4.14. The van der Waals surface area contributed by atoms with Gasteiger partial charge in [-0.05, 0) is 49.8 Å². The Bertz CT molecular complexity index is 964. The Morgan fingerprint density at radius 3 is 2.86 bits per heavy atom. The first-order chi connectivity index (χ1) is 13.4. The number of carbonyl (C=O) groups excluding carboxylic acids is 2. The Balaban J connectivity index is 1.90. The summed E-state index contributed by atoms with van der Waals surface area (Å²) in [7, 11) is 0. The fraction of sp³-hybridized carbons (Fsp3) is 0.455. The van der Waals surface area contributed by atoms with E-state index in [0.29, 0.717) is 6.42 Å². The van der Waals surface area contributed by atoms with Crippen LogP contribution in [-0.4, -0.2) is 35.9 Å². The quantitative estimate of drug-likeness (QED) is 0.711. The second-order valence-corrected chi connectivity index (χ2v) is 7.43. The number of fused-ring (bicyclic) bond motifs is 1. The molecule has 2 amide bonds. The van der Waals surface area contributed by atoms with Crippen LogP contribution in [0, 0.1) is 25.7 Å². The molecule has 0 unspecified atom stereocenters. The number of nitrogens with one attached hydrogen (secondary N) is 2. The van der Waals surface area contributed by atoms with Gasteiger partial charge in [0.1, 0.15) is 0 Å². The van der Waals surface area contributed by atoms with Gasteiger partial charge in [0.15, 0.2) is 0 Å². The van der Waals surface area contributed by atoms with E-state index < -0.39 is 0 Å². The highest BCUT2D eigenvalue weighted by Gasteiger charge is 2.24. The van der Waals surface area contributed by atoms with Crippen molar-refractivity contribution >= 4 is 28.4 Å². The van der Waals surface area contributed by atoms with E-state index in [1.54, 1.807) is 0 Å². The van der Waals surface area contributed by atoms with Crippen molar-refractivity contribution in [3.05, 3.63) is 29.0 Å². The van der Waals surface area contributed by atoms with Crippen molar-refractivity contribution in [2.24, 2.45) is 5.73 Å². The van der Waals surface area contributed by atoms with Gasteiger partial charge >= 0.3 is 0 Å². The molecule has 0 saturated carbocycles. The topological polar surface area (TPSA) is 91.2 Å². The molecule has 1 aromatic heterocycles. The first kappa shape index (κ1) is 19.8. The fourth-order valence-corrected chi connectivity index (χ4v) is 3.93. The summed E-state index contributed by atoms with van der Waals surface area (Å²) in [5, 5.41) is 4.17. The van der Waals surface area contributed by atoms with Crippen LogP contribution >= 0.6 is 0 Å². The Kier molecular flexibility index (Phi) is 5.93. The number of amides is 2. The van der Waals surface area contributed by atoms with E-state index >= 15 is 0 Å². The number of aromatic nitrogens is 1. The zero-order valence-corrected chi connectivity index (χ0v) is 16.8. The molecule has 2 aromatic rings. The molecule has 3 rings (SSSR count). The van der Waals surface area contributed by atoms with Crippen molar-refractivity contribution in [3.63, 3.8) is 0 Å². The summed E-state index contributed by atoms with van der Waals surface area (Å²) in [6, 6.07) is 4.13. The van der Waals surface area contributed by atoms with Gasteiger partial charge in [0.25, 0.3) is 5.91 Å². The van der Waals surface area contributed by atoms with Gasteiger partial charge in [-0.15, -0.1) is 0 Å². The zero-order chi connectivity index (χ0) is 20.3. The number of anilines is 1. The predicted octanol–water partition coefficient (Wildman–Crippen LogP) is 2.31. The van der Waals surface area contributed by atoms with E-state index in [1.165, 1.54) is 5.56 Å². The van der Waals surface area contributed by atoms with Crippen LogP contribution in [-0.2, 0) is 16.0 Å². The maximum atomic E-state index is 12.0. The molecule has 1 fully saturated rings. The molecule has 1 aliphatic heterocycles. The molecular weight excluding hydrogens is 352 g/mol. The van der Waals surface area contributed by atoms with Crippen molar-refractivity contribution in [3.8, 4) is 11.8 Å². The smallest absolute Gasteiger partial charge is 0.296 e. The van der Waals surface area contributed by atoms with E-state index in [2.05, 4.69) is 40.0 Å². The molecular formula is C22H28N4O2. The lowest BCUT2D eigenvalue weighted by Gasteiger charge is -2.35. The molecule has 6 heteroatoms. The first-order valence-electron chi connectivity index (χ1n) is 9.84. The molecule has 4 N–H and O–H groups in total. The fourth-order valence-electron chi connectivity index (χ4n) is 3.93. The number of nitrogens with zero attached hydrogens (tertiary/aromatic N) is 1. The SMILES string of the molecule is CCC#CC(=O)N[C@H]1CCCN(c2ccc(CC(N)=O)c3[nH]c(C)c(C)c23)C1. The molecule has 0 bridgehead atoms. The van der Waals surface area contributed by atoms with Crippen LogP contribution in [0.2, 0.25) is 0 Å².